The van der Waals surface area contributed by atoms with Gasteiger partial charge in [-0.25, -0.2) is 15.0 Å². The quantitative estimate of drug-likeness (QED) is 0.278. The van der Waals surface area contributed by atoms with E-state index in [-0.39, 0.29) is 5.41 Å². The average Bonchev–Trinajstić information content (AvgIpc) is 2.97. The molecule has 2 saturated carbocycles. The third kappa shape index (κ3) is 4.74. The lowest BCUT2D eigenvalue weighted by Crippen LogP contribution is -2.42. The third-order valence-corrected chi connectivity index (χ3v) is 8.71. The van der Waals surface area contributed by atoms with E-state index in [1.807, 2.05) is 66.7 Å². The van der Waals surface area contributed by atoms with E-state index in [1.54, 1.807) is 0 Å². The molecule has 0 aliphatic heterocycles. The maximum atomic E-state index is 10.1. The number of rotatable bonds is 5. The van der Waals surface area contributed by atoms with Crippen LogP contribution < -0.4 is 0 Å². The Morgan fingerprint density at radius 3 is 1.95 bits per heavy atom. The lowest BCUT2D eigenvalue weighted by atomic mass is 9.54. The minimum Gasteiger partial charge on any atom is -0.208 e. The second-order valence-corrected chi connectivity index (χ2v) is 11.6. The molecule has 2 fully saturated rings. The highest BCUT2D eigenvalue weighted by molar-refractivity contribution is 5.68. The summed E-state index contributed by atoms with van der Waals surface area (Å²) in [5.41, 5.74) is 4.91. The molecular weight excluding hydrogens is 464 g/mol. The van der Waals surface area contributed by atoms with Crippen molar-refractivity contribution in [3.8, 4) is 40.2 Å². The van der Waals surface area contributed by atoms with Crippen LogP contribution in [0.3, 0.4) is 0 Å². The van der Waals surface area contributed by atoms with Crippen molar-refractivity contribution in [1.82, 2.24) is 15.0 Å². The summed E-state index contributed by atoms with van der Waals surface area (Å²) in [6.45, 7) is 4.74. The van der Waals surface area contributed by atoms with Crippen molar-refractivity contribution in [3.05, 3.63) is 90.0 Å². The van der Waals surface area contributed by atoms with Gasteiger partial charge >= 0.3 is 0 Å². The van der Waals surface area contributed by atoms with E-state index >= 15 is 0 Å². The lowest BCUT2D eigenvalue weighted by molar-refractivity contribution is 0.0702. The van der Waals surface area contributed by atoms with Crippen molar-refractivity contribution >= 4 is 0 Å². The van der Waals surface area contributed by atoms with Crippen LogP contribution in [0.5, 0.6) is 0 Å². The molecule has 2 aliphatic rings. The Morgan fingerprint density at radius 1 is 0.763 bits per heavy atom. The molecule has 4 nitrogen and oxygen atoms in total. The summed E-state index contributed by atoms with van der Waals surface area (Å²) >= 11 is 0. The first-order valence-corrected chi connectivity index (χ1v) is 14.0. The van der Waals surface area contributed by atoms with Gasteiger partial charge in [-0.2, -0.15) is 5.26 Å². The number of hydrogen-bond acceptors (Lipinski definition) is 4. The van der Waals surface area contributed by atoms with Gasteiger partial charge in [0.25, 0.3) is 0 Å². The van der Waals surface area contributed by atoms with Crippen LogP contribution in [0.25, 0.3) is 34.2 Å². The number of aromatic nitrogens is 3. The standard InChI is InChI=1S/C34H34N4/c1-3-24-15-25-14-23(2)19-34(20-24,21-25)30-17-26(22-35)16-29(18-30)33-37-31(27-10-6-4-7-11-27)36-32(38-33)28-12-8-5-9-13-28/h4-13,16-18,23-25H,3,14-15,19-21H2,1-2H3/t23-,24+,25-,34?/m1/s1. The fraction of sp³-hybridized carbons (Fsp3) is 0.353. The molecule has 3 aromatic carbocycles. The van der Waals surface area contributed by atoms with E-state index in [0.717, 1.165) is 28.5 Å². The van der Waals surface area contributed by atoms with Gasteiger partial charge < -0.3 is 0 Å². The van der Waals surface area contributed by atoms with Crippen LogP contribution in [-0.2, 0) is 5.41 Å². The van der Waals surface area contributed by atoms with Crippen LogP contribution in [0, 0.1) is 29.1 Å². The second kappa shape index (κ2) is 10.1. The Labute approximate surface area is 225 Å². The molecule has 4 atom stereocenters. The molecule has 2 aliphatic carbocycles. The van der Waals surface area contributed by atoms with Crippen LogP contribution in [0.15, 0.2) is 78.9 Å². The van der Waals surface area contributed by atoms with Crippen LogP contribution in [0.2, 0.25) is 0 Å². The minimum absolute atomic E-state index is 0.125. The zero-order valence-electron chi connectivity index (χ0n) is 22.3. The molecule has 0 amide bonds. The molecule has 38 heavy (non-hydrogen) atoms. The van der Waals surface area contributed by atoms with Gasteiger partial charge in [-0.05, 0) is 79.0 Å². The van der Waals surface area contributed by atoms with E-state index in [9.17, 15) is 5.26 Å². The van der Waals surface area contributed by atoms with Crippen molar-refractivity contribution in [2.24, 2.45) is 17.8 Å². The molecule has 2 bridgehead atoms. The first-order valence-electron chi connectivity index (χ1n) is 14.0. The zero-order chi connectivity index (χ0) is 26.1. The van der Waals surface area contributed by atoms with Gasteiger partial charge in [-0.1, -0.05) is 80.9 Å². The van der Waals surface area contributed by atoms with Gasteiger partial charge in [0.2, 0.25) is 0 Å². The molecule has 0 spiro atoms. The molecule has 1 unspecified atom stereocenters. The highest BCUT2D eigenvalue weighted by atomic mass is 15.0. The average molecular weight is 499 g/mol. The van der Waals surface area contributed by atoms with Crippen LogP contribution in [0.4, 0.5) is 0 Å². The highest BCUT2D eigenvalue weighted by Crippen LogP contribution is 2.55. The molecule has 6 rings (SSSR count). The summed E-state index contributed by atoms with van der Waals surface area (Å²) in [6, 6.07) is 28.9. The van der Waals surface area contributed by atoms with Gasteiger partial charge in [0.05, 0.1) is 11.6 Å². The molecule has 4 aromatic rings. The Hall–Kier alpha value is -3.84. The van der Waals surface area contributed by atoms with Crippen molar-refractivity contribution in [1.29, 1.82) is 5.26 Å². The highest BCUT2D eigenvalue weighted by Gasteiger charge is 2.46. The molecule has 1 aromatic heterocycles. The van der Waals surface area contributed by atoms with E-state index < -0.39 is 0 Å². The van der Waals surface area contributed by atoms with E-state index in [0.29, 0.717) is 29.0 Å². The molecule has 0 radical (unpaired) electrons. The van der Waals surface area contributed by atoms with Gasteiger partial charge in [0.15, 0.2) is 17.5 Å². The normalized spacial score (nSPS) is 24.5. The Morgan fingerprint density at radius 2 is 1.37 bits per heavy atom. The molecule has 0 N–H and O–H groups in total. The third-order valence-electron chi connectivity index (χ3n) is 8.71. The number of nitriles is 1. The first kappa shape index (κ1) is 24.5. The Kier molecular flexibility index (Phi) is 6.54. The Bertz CT molecular complexity index is 1410. The molecular formula is C34H34N4. The summed E-state index contributed by atoms with van der Waals surface area (Å²) in [5.74, 6) is 4.14. The molecule has 1 heterocycles. The maximum absolute atomic E-state index is 10.1. The number of nitrogens with zero attached hydrogens (tertiary/aromatic N) is 4. The molecule has 0 saturated heterocycles. The van der Waals surface area contributed by atoms with Gasteiger partial charge in [-0.3, -0.25) is 0 Å². The second-order valence-electron chi connectivity index (χ2n) is 11.6. The van der Waals surface area contributed by atoms with Crippen LogP contribution in [-0.4, -0.2) is 15.0 Å². The minimum atomic E-state index is 0.125. The first-order chi connectivity index (χ1) is 18.5. The largest absolute Gasteiger partial charge is 0.208 e. The summed E-state index contributed by atoms with van der Waals surface area (Å²) in [4.78, 5) is 14.8. The predicted molar refractivity (Wildman–Crippen MR) is 152 cm³/mol. The van der Waals surface area contributed by atoms with E-state index in [2.05, 4.69) is 32.0 Å². The zero-order valence-corrected chi connectivity index (χ0v) is 22.3. The maximum Gasteiger partial charge on any atom is 0.164 e. The number of fused-ring (bicyclic) bond motifs is 2. The van der Waals surface area contributed by atoms with Gasteiger partial charge in [0, 0.05) is 16.7 Å². The van der Waals surface area contributed by atoms with E-state index in [1.165, 1.54) is 44.1 Å². The van der Waals surface area contributed by atoms with Crippen molar-refractivity contribution in [2.45, 2.75) is 57.8 Å². The van der Waals surface area contributed by atoms with Crippen molar-refractivity contribution in [2.75, 3.05) is 0 Å². The SMILES string of the molecule is CC[C@H]1C[C@H]2C[C@@H](C)CC(c3cc(C#N)cc(-c4nc(-c5ccccc5)nc(-c5ccccc5)n4)c3)(C2)C1. The van der Waals surface area contributed by atoms with Crippen LogP contribution >= 0.6 is 0 Å². The summed E-state index contributed by atoms with van der Waals surface area (Å²) in [6.07, 6.45) is 7.53. The van der Waals surface area contributed by atoms with E-state index in [4.69, 9.17) is 15.0 Å². The molecule has 4 heteroatoms. The topological polar surface area (TPSA) is 62.5 Å². The Balaban J connectivity index is 1.51. The lowest BCUT2D eigenvalue weighted by Gasteiger charge is -2.51. The van der Waals surface area contributed by atoms with Gasteiger partial charge in [0.1, 0.15) is 0 Å². The number of benzene rings is 3. The predicted octanol–water partition coefficient (Wildman–Crippen LogP) is 8.24. The molecule has 190 valence electrons. The van der Waals surface area contributed by atoms with Crippen LogP contribution in [0.1, 0.15) is 63.5 Å². The van der Waals surface area contributed by atoms with Crippen molar-refractivity contribution < 1.29 is 0 Å². The summed E-state index contributed by atoms with van der Waals surface area (Å²) < 4.78 is 0. The van der Waals surface area contributed by atoms with Gasteiger partial charge in [-0.15, -0.1) is 0 Å². The monoisotopic (exact) mass is 498 g/mol. The summed E-state index contributed by atoms with van der Waals surface area (Å²) in [7, 11) is 0. The fourth-order valence-corrected chi connectivity index (χ4v) is 7.22. The smallest absolute Gasteiger partial charge is 0.164 e. The summed E-state index contributed by atoms with van der Waals surface area (Å²) in [5, 5.41) is 10.1. The number of hydrogen-bond donors (Lipinski definition) is 0. The fourth-order valence-electron chi connectivity index (χ4n) is 7.22. The van der Waals surface area contributed by atoms with Crippen molar-refractivity contribution in [3.63, 3.8) is 0 Å².